The van der Waals surface area contributed by atoms with E-state index in [1.807, 2.05) is 38.2 Å². The van der Waals surface area contributed by atoms with Crippen LogP contribution in [0.15, 0.2) is 24.3 Å². The van der Waals surface area contributed by atoms with Crippen LogP contribution in [0.25, 0.3) is 0 Å². The average Bonchev–Trinajstić information content (AvgIpc) is 2.48. The van der Waals surface area contributed by atoms with Gasteiger partial charge in [0.05, 0.1) is 12.8 Å². The number of carbonyl (C=O) groups excluding carboxylic acids is 1. The van der Waals surface area contributed by atoms with Crippen LogP contribution in [0.3, 0.4) is 0 Å². The Hall–Kier alpha value is -1.44. The van der Waals surface area contributed by atoms with Crippen LogP contribution in [0, 0.1) is 6.92 Å². The fourth-order valence-corrected chi connectivity index (χ4v) is 3.22. The summed E-state index contributed by atoms with van der Waals surface area (Å²) in [5.74, 6) is -0.129. The number of amides is 1. The molecule has 1 aliphatic heterocycles. The molecule has 0 saturated carbocycles. The summed E-state index contributed by atoms with van der Waals surface area (Å²) >= 11 is 0. The number of carbonyl (C=O) groups is 1. The van der Waals surface area contributed by atoms with Crippen molar-refractivity contribution in [1.29, 1.82) is 0 Å². The first kappa shape index (κ1) is 17.9. The third-order valence-corrected chi connectivity index (χ3v) is 5.31. The SMILES string of the molecule is Cc1ccc(CN(CC(=O)N2CCN(C)CC2)S(C)(=O)=O)cc1. The predicted molar refractivity (Wildman–Crippen MR) is 90.5 cm³/mol. The number of sulfonamides is 1. The van der Waals surface area contributed by atoms with Crippen LogP contribution in [0.4, 0.5) is 0 Å². The van der Waals surface area contributed by atoms with E-state index in [9.17, 15) is 13.2 Å². The zero-order valence-electron chi connectivity index (χ0n) is 14.0. The largest absolute Gasteiger partial charge is 0.339 e. The molecule has 2 rings (SSSR count). The van der Waals surface area contributed by atoms with Gasteiger partial charge in [-0.2, -0.15) is 4.31 Å². The van der Waals surface area contributed by atoms with Crippen molar-refractivity contribution in [1.82, 2.24) is 14.1 Å². The van der Waals surface area contributed by atoms with Gasteiger partial charge < -0.3 is 9.80 Å². The highest BCUT2D eigenvalue weighted by Gasteiger charge is 2.25. The molecule has 0 unspecified atom stereocenters. The summed E-state index contributed by atoms with van der Waals surface area (Å²) in [6.45, 7) is 5.05. The lowest BCUT2D eigenvalue weighted by Gasteiger charge is -2.33. The molecule has 1 saturated heterocycles. The van der Waals surface area contributed by atoms with Crippen LogP contribution in [-0.4, -0.2) is 74.5 Å². The molecule has 0 aromatic heterocycles. The molecule has 0 bridgehead atoms. The lowest BCUT2D eigenvalue weighted by atomic mass is 10.1. The monoisotopic (exact) mass is 339 g/mol. The highest BCUT2D eigenvalue weighted by atomic mass is 32.2. The fraction of sp³-hybridized carbons (Fsp3) is 0.562. The van der Waals surface area contributed by atoms with Crippen LogP contribution < -0.4 is 0 Å². The normalized spacial score (nSPS) is 16.8. The van der Waals surface area contributed by atoms with E-state index in [0.29, 0.717) is 13.1 Å². The number of hydrogen-bond donors (Lipinski definition) is 0. The van der Waals surface area contributed by atoms with Crippen LogP contribution in [0.5, 0.6) is 0 Å². The smallest absolute Gasteiger partial charge is 0.237 e. The van der Waals surface area contributed by atoms with E-state index < -0.39 is 10.0 Å². The van der Waals surface area contributed by atoms with Gasteiger partial charge >= 0.3 is 0 Å². The molecule has 1 amide bonds. The number of benzene rings is 1. The Morgan fingerprint density at radius 2 is 1.70 bits per heavy atom. The second kappa shape index (κ2) is 7.42. The zero-order chi connectivity index (χ0) is 17.0. The van der Waals surface area contributed by atoms with Crippen molar-refractivity contribution in [2.75, 3.05) is 46.0 Å². The quantitative estimate of drug-likeness (QED) is 0.785. The minimum absolute atomic E-state index is 0.101. The number of piperazine rings is 1. The van der Waals surface area contributed by atoms with E-state index in [-0.39, 0.29) is 19.0 Å². The number of rotatable bonds is 5. The Kier molecular flexibility index (Phi) is 5.78. The maximum Gasteiger partial charge on any atom is 0.237 e. The molecule has 1 aliphatic rings. The number of aryl methyl sites for hydroxylation is 1. The van der Waals surface area contributed by atoms with E-state index in [1.54, 1.807) is 4.90 Å². The lowest BCUT2D eigenvalue weighted by Crippen LogP contribution is -2.50. The Labute approximate surface area is 138 Å². The minimum atomic E-state index is -3.44. The summed E-state index contributed by atoms with van der Waals surface area (Å²) in [7, 11) is -1.43. The molecule has 7 heteroatoms. The zero-order valence-corrected chi connectivity index (χ0v) is 14.8. The first-order valence-corrected chi connectivity index (χ1v) is 9.57. The standard InChI is InChI=1S/C16H25N3O3S/c1-14-4-6-15(7-5-14)12-19(23(3,21)22)13-16(20)18-10-8-17(2)9-11-18/h4-7H,8-13H2,1-3H3. The second-order valence-corrected chi connectivity index (χ2v) is 8.18. The molecule has 0 atom stereocenters. The molecule has 1 aromatic carbocycles. The molecule has 6 nitrogen and oxygen atoms in total. The van der Waals surface area contributed by atoms with Crippen molar-refractivity contribution in [3.05, 3.63) is 35.4 Å². The summed E-state index contributed by atoms with van der Waals surface area (Å²) < 4.78 is 25.3. The van der Waals surface area contributed by atoms with Gasteiger partial charge in [0.1, 0.15) is 0 Å². The Morgan fingerprint density at radius 3 is 2.22 bits per heavy atom. The third kappa shape index (κ3) is 5.30. The molecule has 23 heavy (non-hydrogen) atoms. The minimum Gasteiger partial charge on any atom is -0.339 e. The molecule has 1 heterocycles. The van der Waals surface area contributed by atoms with Crippen molar-refractivity contribution in [3.63, 3.8) is 0 Å². The fourth-order valence-electron chi connectivity index (χ4n) is 2.49. The Bertz CT molecular complexity index is 635. The van der Waals surface area contributed by atoms with Gasteiger partial charge in [-0.15, -0.1) is 0 Å². The summed E-state index contributed by atoms with van der Waals surface area (Å²) in [5, 5.41) is 0. The first-order chi connectivity index (χ1) is 10.8. The van der Waals surface area contributed by atoms with E-state index in [0.717, 1.165) is 30.5 Å². The second-order valence-electron chi connectivity index (χ2n) is 6.20. The lowest BCUT2D eigenvalue weighted by molar-refractivity contribution is -0.133. The highest BCUT2D eigenvalue weighted by Crippen LogP contribution is 2.11. The van der Waals surface area contributed by atoms with Gasteiger partial charge in [0.25, 0.3) is 0 Å². The van der Waals surface area contributed by atoms with Crippen LogP contribution >= 0.6 is 0 Å². The first-order valence-electron chi connectivity index (χ1n) is 7.72. The Morgan fingerprint density at radius 1 is 1.13 bits per heavy atom. The maximum absolute atomic E-state index is 12.4. The maximum atomic E-state index is 12.4. The van der Waals surface area contributed by atoms with E-state index in [4.69, 9.17) is 0 Å². The molecular formula is C16H25N3O3S. The number of nitrogens with zero attached hydrogens (tertiary/aromatic N) is 3. The number of likely N-dealkylation sites (N-methyl/N-ethyl adjacent to an activating group) is 1. The van der Waals surface area contributed by atoms with E-state index >= 15 is 0 Å². The molecule has 0 N–H and O–H groups in total. The molecule has 0 spiro atoms. The van der Waals surface area contributed by atoms with Gasteiger partial charge in [0.15, 0.2) is 0 Å². The predicted octanol–water partition coefficient (Wildman–Crippen LogP) is 0.531. The molecule has 128 valence electrons. The van der Waals surface area contributed by atoms with Gasteiger partial charge in [-0.3, -0.25) is 4.79 Å². The molecule has 0 aliphatic carbocycles. The van der Waals surface area contributed by atoms with Crippen molar-refractivity contribution in [3.8, 4) is 0 Å². The highest BCUT2D eigenvalue weighted by molar-refractivity contribution is 7.88. The van der Waals surface area contributed by atoms with Crippen molar-refractivity contribution >= 4 is 15.9 Å². The van der Waals surface area contributed by atoms with Crippen LogP contribution in [-0.2, 0) is 21.4 Å². The third-order valence-electron chi connectivity index (χ3n) is 4.12. The molecule has 0 radical (unpaired) electrons. The van der Waals surface area contributed by atoms with Crippen LogP contribution in [0.1, 0.15) is 11.1 Å². The Balaban J connectivity index is 2.04. The average molecular weight is 339 g/mol. The van der Waals surface area contributed by atoms with Gasteiger partial charge in [0, 0.05) is 32.7 Å². The van der Waals surface area contributed by atoms with Crippen molar-refractivity contribution in [2.45, 2.75) is 13.5 Å². The van der Waals surface area contributed by atoms with Gasteiger partial charge in [-0.05, 0) is 19.5 Å². The van der Waals surface area contributed by atoms with Gasteiger partial charge in [-0.25, -0.2) is 8.42 Å². The summed E-state index contributed by atoms with van der Waals surface area (Å²) in [6, 6.07) is 7.68. The van der Waals surface area contributed by atoms with Crippen LogP contribution in [0.2, 0.25) is 0 Å². The van der Waals surface area contributed by atoms with E-state index in [1.165, 1.54) is 4.31 Å². The van der Waals surface area contributed by atoms with Gasteiger partial charge in [-0.1, -0.05) is 29.8 Å². The molecule has 1 fully saturated rings. The molecular weight excluding hydrogens is 314 g/mol. The summed E-state index contributed by atoms with van der Waals surface area (Å²) in [6.07, 6.45) is 1.15. The van der Waals surface area contributed by atoms with Crippen molar-refractivity contribution in [2.24, 2.45) is 0 Å². The topological polar surface area (TPSA) is 60.9 Å². The van der Waals surface area contributed by atoms with E-state index in [2.05, 4.69) is 4.90 Å². The summed E-state index contributed by atoms with van der Waals surface area (Å²) in [4.78, 5) is 16.3. The molecule has 1 aromatic rings. The summed E-state index contributed by atoms with van der Waals surface area (Å²) in [5.41, 5.74) is 2.00. The van der Waals surface area contributed by atoms with Gasteiger partial charge in [0.2, 0.25) is 15.9 Å². The number of hydrogen-bond acceptors (Lipinski definition) is 4. The van der Waals surface area contributed by atoms with Crippen molar-refractivity contribution < 1.29 is 13.2 Å².